The van der Waals surface area contributed by atoms with Gasteiger partial charge in [-0.25, -0.2) is 0 Å². The highest BCUT2D eigenvalue weighted by Gasteiger charge is 2.11. The van der Waals surface area contributed by atoms with E-state index in [1.165, 1.54) is 5.57 Å². The van der Waals surface area contributed by atoms with Gasteiger partial charge in [-0.3, -0.25) is 4.79 Å². The Labute approximate surface area is 80.0 Å². The molecule has 0 bridgehead atoms. The van der Waals surface area contributed by atoms with Crippen LogP contribution in [-0.4, -0.2) is 11.1 Å². The van der Waals surface area contributed by atoms with Crippen molar-refractivity contribution in [3.05, 3.63) is 23.8 Å². The molecule has 0 amide bonds. The Kier molecular flexibility index (Phi) is 5.12. The van der Waals surface area contributed by atoms with Crippen LogP contribution in [0.1, 0.15) is 33.6 Å². The first-order valence-electron chi connectivity index (χ1n) is 4.44. The van der Waals surface area contributed by atoms with Crippen molar-refractivity contribution < 1.29 is 9.90 Å². The summed E-state index contributed by atoms with van der Waals surface area (Å²) < 4.78 is 0. The minimum absolute atomic E-state index is 0.0763. The second-order valence-electron chi connectivity index (χ2n) is 3.66. The van der Waals surface area contributed by atoms with E-state index in [0.717, 1.165) is 12.0 Å². The maximum absolute atomic E-state index is 10.5. The van der Waals surface area contributed by atoms with E-state index in [2.05, 4.69) is 12.7 Å². The van der Waals surface area contributed by atoms with Gasteiger partial charge in [-0.1, -0.05) is 23.8 Å². The summed E-state index contributed by atoms with van der Waals surface area (Å²) in [6.45, 7) is 9.70. The molecule has 0 aromatic rings. The predicted molar refractivity (Wildman–Crippen MR) is 54.6 cm³/mol. The van der Waals surface area contributed by atoms with Crippen molar-refractivity contribution in [3.63, 3.8) is 0 Å². The molecule has 0 radical (unpaired) electrons. The molecule has 0 rings (SSSR count). The highest BCUT2D eigenvalue weighted by Crippen LogP contribution is 2.18. The van der Waals surface area contributed by atoms with Crippen molar-refractivity contribution in [2.24, 2.45) is 5.92 Å². The van der Waals surface area contributed by atoms with E-state index in [4.69, 9.17) is 5.11 Å². The summed E-state index contributed by atoms with van der Waals surface area (Å²) >= 11 is 0. The first-order valence-corrected chi connectivity index (χ1v) is 4.44. The van der Waals surface area contributed by atoms with Crippen LogP contribution in [0.25, 0.3) is 0 Å². The molecule has 13 heavy (non-hydrogen) atoms. The van der Waals surface area contributed by atoms with E-state index in [0.29, 0.717) is 0 Å². The van der Waals surface area contributed by atoms with Crippen LogP contribution in [-0.2, 0) is 4.79 Å². The summed E-state index contributed by atoms with van der Waals surface area (Å²) in [4.78, 5) is 10.5. The Morgan fingerprint density at radius 2 is 2.00 bits per heavy atom. The molecule has 74 valence electrons. The van der Waals surface area contributed by atoms with Gasteiger partial charge in [-0.05, 0) is 33.1 Å². The molecule has 1 unspecified atom stereocenters. The molecule has 1 N–H and O–H groups in total. The molecule has 1 atom stereocenters. The molecule has 0 aliphatic carbocycles. The lowest BCUT2D eigenvalue weighted by atomic mass is 9.94. The normalized spacial score (nSPS) is 11.9. The Balaban J connectivity index is 4.19. The van der Waals surface area contributed by atoms with E-state index in [-0.39, 0.29) is 12.3 Å². The van der Waals surface area contributed by atoms with Gasteiger partial charge < -0.3 is 5.11 Å². The minimum atomic E-state index is -0.754. The van der Waals surface area contributed by atoms with Crippen LogP contribution >= 0.6 is 0 Å². The van der Waals surface area contributed by atoms with Gasteiger partial charge in [-0.15, -0.1) is 0 Å². The maximum Gasteiger partial charge on any atom is 0.303 e. The number of hydrogen-bond donors (Lipinski definition) is 1. The number of rotatable bonds is 5. The van der Waals surface area contributed by atoms with Crippen LogP contribution in [0.5, 0.6) is 0 Å². The molecular formula is C11H18O2. The monoisotopic (exact) mass is 182 g/mol. The number of hydrogen-bond acceptors (Lipinski definition) is 1. The van der Waals surface area contributed by atoms with Gasteiger partial charge in [0.25, 0.3) is 0 Å². The van der Waals surface area contributed by atoms with Crippen LogP contribution in [0.15, 0.2) is 23.8 Å². The molecule has 2 heteroatoms. The Hall–Kier alpha value is -1.05. The Morgan fingerprint density at radius 1 is 1.46 bits per heavy atom. The fraction of sp³-hybridized carbons (Fsp3) is 0.545. The quantitative estimate of drug-likeness (QED) is 0.663. The van der Waals surface area contributed by atoms with Gasteiger partial charge in [-0.2, -0.15) is 0 Å². The number of carbonyl (C=O) groups is 1. The zero-order valence-corrected chi connectivity index (χ0v) is 8.63. The van der Waals surface area contributed by atoms with Gasteiger partial charge in [0, 0.05) is 0 Å². The Morgan fingerprint density at radius 3 is 2.31 bits per heavy atom. The predicted octanol–water partition coefficient (Wildman–Crippen LogP) is 3.01. The number of aliphatic carboxylic acids is 1. The van der Waals surface area contributed by atoms with E-state index in [9.17, 15) is 4.79 Å². The van der Waals surface area contributed by atoms with Crippen molar-refractivity contribution in [1.82, 2.24) is 0 Å². The summed E-state index contributed by atoms with van der Waals surface area (Å²) in [6.07, 6.45) is 3.02. The summed E-state index contributed by atoms with van der Waals surface area (Å²) in [5.74, 6) is -0.678. The molecule has 0 aliphatic heterocycles. The van der Waals surface area contributed by atoms with Gasteiger partial charge in [0.1, 0.15) is 0 Å². The summed E-state index contributed by atoms with van der Waals surface area (Å²) in [7, 11) is 0. The molecular weight excluding hydrogens is 164 g/mol. The summed E-state index contributed by atoms with van der Waals surface area (Å²) in [5.41, 5.74) is 2.16. The van der Waals surface area contributed by atoms with Crippen LogP contribution in [0.4, 0.5) is 0 Å². The number of allylic oxidation sites excluding steroid dienone is 3. The average Bonchev–Trinajstić information content (AvgIpc) is 1.96. The van der Waals surface area contributed by atoms with Crippen LogP contribution in [0.2, 0.25) is 0 Å². The standard InChI is InChI=1S/C11H18O2/c1-8(2)5-6-10(9(3)4)7-11(12)13/h5,10H,3,6-7H2,1-2,4H3,(H,12,13). The van der Waals surface area contributed by atoms with Gasteiger partial charge >= 0.3 is 5.97 Å². The maximum atomic E-state index is 10.5. The van der Waals surface area contributed by atoms with Crippen molar-refractivity contribution in [3.8, 4) is 0 Å². The van der Waals surface area contributed by atoms with Crippen molar-refractivity contribution in [2.45, 2.75) is 33.6 Å². The number of carboxylic acid groups (broad SMARTS) is 1. The highest BCUT2D eigenvalue weighted by atomic mass is 16.4. The second kappa shape index (κ2) is 5.57. The van der Waals surface area contributed by atoms with Gasteiger partial charge in [0.2, 0.25) is 0 Å². The molecule has 0 saturated heterocycles. The van der Waals surface area contributed by atoms with Gasteiger partial charge in [0.05, 0.1) is 6.42 Å². The Bertz CT molecular complexity index is 222. The van der Waals surface area contributed by atoms with Crippen molar-refractivity contribution >= 4 is 5.97 Å². The molecule has 0 aliphatic rings. The SMILES string of the molecule is C=C(C)C(CC=C(C)C)CC(=O)O. The topological polar surface area (TPSA) is 37.3 Å². The van der Waals surface area contributed by atoms with E-state index >= 15 is 0 Å². The lowest BCUT2D eigenvalue weighted by Crippen LogP contribution is -2.07. The summed E-state index contributed by atoms with van der Waals surface area (Å²) in [5, 5.41) is 8.64. The van der Waals surface area contributed by atoms with Crippen LogP contribution in [0.3, 0.4) is 0 Å². The third-order valence-corrected chi connectivity index (χ3v) is 1.93. The first-order chi connectivity index (χ1) is 5.93. The smallest absolute Gasteiger partial charge is 0.303 e. The molecule has 0 saturated carbocycles. The highest BCUT2D eigenvalue weighted by molar-refractivity contribution is 5.67. The molecule has 0 aromatic carbocycles. The third kappa shape index (κ3) is 6.14. The molecule has 2 nitrogen and oxygen atoms in total. The first kappa shape index (κ1) is 11.9. The minimum Gasteiger partial charge on any atom is -0.481 e. The zero-order valence-electron chi connectivity index (χ0n) is 8.63. The van der Waals surface area contributed by atoms with Crippen molar-refractivity contribution in [1.29, 1.82) is 0 Å². The fourth-order valence-electron chi connectivity index (χ4n) is 1.05. The zero-order chi connectivity index (χ0) is 10.4. The van der Waals surface area contributed by atoms with E-state index in [1.807, 2.05) is 20.8 Å². The summed E-state index contributed by atoms with van der Waals surface area (Å²) in [6, 6.07) is 0. The van der Waals surface area contributed by atoms with E-state index < -0.39 is 5.97 Å². The molecule has 0 aromatic heterocycles. The lowest BCUT2D eigenvalue weighted by molar-refractivity contribution is -0.137. The largest absolute Gasteiger partial charge is 0.481 e. The van der Waals surface area contributed by atoms with Crippen LogP contribution in [0, 0.1) is 5.92 Å². The lowest BCUT2D eigenvalue weighted by Gasteiger charge is -2.12. The third-order valence-electron chi connectivity index (χ3n) is 1.93. The second-order valence-corrected chi connectivity index (χ2v) is 3.66. The molecule has 0 fully saturated rings. The van der Waals surface area contributed by atoms with Crippen molar-refractivity contribution in [2.75, 3.05) is 0 Å². The molecule has 0 spiro atoms. The van der Waals surface area contributed by atoms with E-state index in [1.54, 1.807) is 0 Å². The molecule has 0 heterocycles. The van der Waals surface area contributed by atoms with Gasteiger partial charge in [0.15, 0.2) is 0 Å². The average molecular weight is 182 g/mol. The van der Waals surface area contributed by atoms with Crippen LogP contribution < -0.4 is 0 Å². The number of carboxylic acids is 1. The fourth-order valence-corrected chi connectivity index (χ4v) is 1.05.